The Kier molecular flexibility index (Phi) is 3.34. The summed E-state index contributed by atoms with van der Waals surface area (Å²) >= 11 is 0. The third-order valence-corrected chi connectivity index (χ3v) is 4.29. The van der Waals surface area contributed by atoms with E-state index in [0.29, 0.717) is 17.5 Å². The average Bonchev–Trinajstić information content (AvgIpc) is 3.12. The van der Waals surface area contributed by atoms with Crippen LogP contribution in [0, 0.1) is 12.7 Å². The highest BCUT2D eigenvalue weighted by Crippen LogP contribution is 2.23. The van der Waals surface area contributed by atoms with E-state index in [2.05, 4.69) is 15.3 Å². The van der Waals surface area contributed by atoms with Crippen molar-refractivity contribution < 1.29 is 9.18 Å². The third-order valence-electron chi connectivity index (χ3n) is 4.29. The molecule has 2 heterocycles. The highest BCUT2D eigenvalue weighted by Gasteiger charge is 2.16. The number of halogens is 1. The van der Waals surface area contributed by atoms with Crippen LogP contribution in [0.3, 0.4) is 0 Å². The van der Waals surface area contributed by atoms with Crippen LogP contribution < -0.4 is 5.32 Å². The van der Waals surface area contributed by atoms with Crippen LogP contribution in [-0.4, -0.2) is 15.9 Å². The summed E-state index contributed by atoms with van der Waals surface area (Å²) in [7, 11) is 0. The molecule has 0 radical (unpaired) electrons. The maximum atomic E-state index is 13.5. The van der Waals surface area contributed by atoms with E-state index >= 15 is 0 Å². The molecule has 5 heteroatoms. The minimum absolute atomic E-state index is 0.213. The van der Waals surface area contributed by atoms with E-state index in [0.717, 1.165) is 27.7 Å². The van der Waals surface area contributed by atoms with Gasteiger partial charge in [-0.15, -0.1) is 0 Å². The van der Waals surface area contributed by atoms with E-state index in [9.17, 15) is 9.18 Å². The summed E-state index contributed by atoms with van der Waals surface area (Å²) in [6.45, 7) is 2.22. The zero-order valence-corrected chi connectivity index (χ0v) is 13.1. The fourth-order valence-electron chi connectivity index (χ4n) is 3.13. The first-order chi connectivity index (χ1) is 11.6. The summed E-state index contributed by atoms with van der Waals surface area (Å²) in [5, 5.41) is 4.61. The van der Waals surface area contributed by atoms with E-state index < -0.39 is 0 Å². The van der Waals surface area contributed by atoms with Crippen LogP contribution in [0.1, 0.15) is 21.6 Å². The van der Waals surface area contributed by atoms with Crippen LogP contribution in [0.25, 0.3) is 21.8 Å². The minimum Gasteiger partial charge on any atom is -0.361 e. The van der Waals surface area contributed by atoms with Crippen LogP contribution in [0.4, 0.5) is 4.39 Å². The second-order valence-electron chi connectivity index (χ2n) is 5.86. The summed E-state index contributed by atoms with van der Waals surface area (Å²) in [5.74, 6) is -0.568. The number of carbonyl (C=O) groups is 1. The molecule has 0 atom stereocenters. The maximum absolute atomic E-state index is 13.5. The lowest BCUT2D eigenvalue weighted by molar-refractivity contribution is 0.0952. The van der Waals surface area contributed by atoms with Gasteiger partial charge in [-0.05, 0) is 36.8 Å². The van der Waals surface area contributed by atoms with Crippen molar-refractivity contribution in [2.24, 2.45) is 0 Å². The molecule has 0 fully saturated rings. The van der Waals surface area contributed by atoms with Gasteiger partial charge in [0.25, 0.3) is 5.91 Å². The van der Waals surface area contributed by atoms with Crippen LogP contribution in [0.2, 0.25) is 0 Å². The number of H-pyrrole nitrogens is 2. The number of rotatable bonds is 3. The molecule has 0 aliphatic carbocycles. The molecule has 24 heavy (non-hydrogen) atoms. The third kappa shape index (κ3) is 2.34. The largest absolute Gasteiger partial charge is 0.361 e. The van der Waals surface area contributed by atoms with E-state index in [4.69, 9.17) is 0 Å². The van der Waals surface area contributed by atoms with Gasteiger partial charge in [-0.1, -0.05) is 18.2 Å². The number of para-hydroxylation sites is 1. The van der Waals surface area contributed by atoms with Crippen molar-refractivity contribution in [2.45, 2.75) is 13.5 Å². The zero-order chi connectivity index (χ0) is 16.7. The highest BCUT2D eigenvalue weighted by molar-refractivity contribution is 6.08. The molecule has 2 aromatic heterocycles. The normalized spacial score (nSPS) is 11.2. The van der Waals surface area contributed by atoms with Gasteiger partial charge in [-0.25, -0.2) is 4.39 Å². The van der Waals surface area contributed by atoms with Gasteiger partial charge in [0, 0.05) is 40.2 Å². The Morgan fingerprint density at radius 3 is 2.83 bits per heavy atom. The van der Waals surface area contributed by atoms with Gasteiger partial charge in [0.05, 0.1) is 5.56 Å². The number of hydrogen-bond donors (Lipinski definition) is 3. The predicted molar refractivity (Wildman–Crippen MR) is 92.5 cm³/mol. The first-order valence-corrected chi connectivity index (χ1v) is 7.74. The molecule has 0 aliphatic rings. The Balaban J connectivity index is 1.63. The van der Waals surface area contributed by atoms with E-state index in [-0.39, 0.29) is 11.7 Å². The van der Waals surface area contributed by atoms with Crippen molar-refractivity contribution in [3.05, 3.63) is 71.3 Å². The van der Waals surface area contributed by atoms with Crippen molar-refractivity contribution in [3.8, 4) is 0 Å². The molecular weight excluding hydrogens is 305 g/mol. The molecule has 2 aromatic carbocycles. The molecule has 0 saturated carbocycles. The molecule has 120 valence electrons. The predicted octanol–water partition coefficient (Wildman–Crippen LogP) is 4.03. The van der Waals surface area contributed by atoms with Crippen LogP contribution in [0.5, 0.6) is 0 Å². The van der Waals surface area contributed by atoms with Gasteiger partial charge in [0.15, 0.2) is 0 Å². The summed E-state index contributed by atoms with van der Waals surface area (Å²) in [6.07, 6.45) is 1.90. The Hall–Kier alpha value is -3.08. The summed E-state index contributed by atoms with van der Waals surface area (Å²) in [5.41, 5.74) is 4.03. The first-order valence-electron chi connectivity index (χ1n) is 7.74. The second-order valence-corrected chi connectivity index (χ2v) is 5.86. The Bertz CT molecular complexity index is 1060. The zero-order valence-electron chi connectivity index (χ0n) is 13.1. The first kappa shape index (κ1) is 14.5. The molecule has 4 rings (SSSR count). The summed E-state index contributed by atoms with van der Waals surface area (Å²) in [6, 6.07) is 12.4. The van der Waals surface area contributed by atoms with Crippen LogP contribution in [0.15, 0.2) is 48.7 Å². The minimum atomic E-state index is -0.354. The molecule has 4 aromatic rings. The second kappa shape index (κ2) is 5.53. The molecule has 0 unspecified atom stereocenters. The molecular formula is C19H16FN3O. The van der Waals surface area contributed by atoms with Crippen molar-refractivity contribution in [1.29, 1.82) is 0 Å². The van der Waals surface area contributed by atoms with Gasteiger partial charge < -0.3 is 15.3 Å². The fourth-order valence-corrected chi connectivity index (χ4v) is 3.13. The number of amides is 1. The SMILES string of the molecule is Cc1[nH]c2ccc(F)cc2c1C(=O)NCc1c[nH]c2ccccc12. The Morgan fingerprint density at radius 1 is 1.12 bits per heavy atom. The van der Waals surface area contributed by atoms with Gasteiger partial charge in [-0.2, -0.15) is 0 Å². The number of nitrogens with one attached hydrogen (secondary N) is 3. The maximum Gasteiger partial charge on any atom is 0.253 e. The number of aromatic amines is 2. The average molecular weight is 321 g/mol. The molecule has 0 spiro atoms. The molecule has 1 amide bonds. The van der Waals surface area contributed by atoms with Crippen molar-refractivity contribution >= 4 is 27.7 Å². The molecule has 4 nitrogen and oxygen atoms in total. The van der Waals surface area contributed by atoms with E-state index in [1.165, 1.54) is 12.1 Å². The fraction of sp³-hybridized carbons (Fsp3) is 0.105. The Labute approximate surface area is 137 Å². The molecule has 0 aliphatic heterocycles. The number of aryl methyl sites for hydroxylation is 1. The quantitative estimate of drug-likeness (QED) is 0.524. The lowest BCUT2D eigenvalue weighted by Gasteiger charge is -2.05. The number of aromatic nitrogens is 2. The van der Waals surface area contributed by atoms with Gasteiger partial charge in [-0.3, -0.25) is 4.79 Å². The van der Waals surface area contributed by atoms with Crippen molar-refractivity contribution in [1.82, 2.24) is 15.3 Å². The standard InChI is InChI=1S/C19H16FN3O/c1-11-18(15-8-13(20)6-7-17(15)23-11)19(24)22-10-12-9-21-16-5-3-2-4-14(12)16/h2-9,21,23H,10H2,1H3,(H,22,24). The smallest absolute Gasteiger partial charge is 0.253 e. The highest BCUT2D eigenvalue weighted by atomic mass is 19.1. The van der Waals surface area contributed by atoms with Gasteiger partial charge in [0.2, 0.25) is 0 Å². The van der Waals surface area contributed by atoms with Gasteiger partial charge in [0.1, 0.15) is 5.82 Å². The van der Waals surface area contributed by atoms with Crippen LogP contribution in [-0.2, 0) is 6.54 Å². The van der Waals surface area contributed by atoms with Crippen molar-refractivity contribution in [3.63, 3.8) is 0 Å². The number of hydrogen-bond acceptors (Lipinski definition) is 1. The van der Waals surface area contributed by atoms with E-state index in [1.54, 1.807) is 6.07 Å². The van der Waals surface area contributed by atoms with Crippen LogP contribution >= 0.6 is 0 Å². The van der Waals surface area contributed by atoms with E-state index in [1.807, 2.05) is 37.4 Å². The van der Waals surface area contributed by atoms with Gasteiger partial charge >= 0.3 is 0 Å². The molecule has 0 bridgehead atoms. The number of carbonyl (C=O) groups excluding carboxylic acids is 1. The lowest BCUT2D eigenvalue weighted by atomic mass is 10.1. The molecule has 0 saturated heterocycles. The molecule has 3 N–H and O–H groups in total. The number of benzene rings is 2. The lowest BCUT2D eigenvalue weighted by Crippen LogP contribution is -2.23. The summed E-state index contributed by atoms with van der Waals surface area (Å²) in [4.78, 5) is 18.9. The summed E-state index contributed by atoms with van der Waals surface area (Å²) < 4.78 is 13.5. The van der Waals surface area contributed by atoms with Crippen molar-refractivity contribution in [2.75, 3.05) is 0 Å². The Morgan fingerprint density at radius 2 is 1.96 bits per heavy atom. The number of fused-ring (bicyclic) bond motifs is 2. The topological polar surface area (TPSA) is 60.7 Å². The monoisotopic (exact) mass is 321 g/mol.